The molecular weight excluding hydrogens is 298 g/mol. The Labute approximate surface area is 117 Å². The van der Waals surface area contributed by atoms with E-state index < -0.39 is 19.7 Å². The molecule has 7 heteroatoms. The maximum Gasteiger partial charge on any atom is 0.210 e. The van der Waals surface area contributed by atoms with Gasteiger partial charge in [-0.05, 0) is 30.3 Å². The highest BCUT2D eigenvalue weighted by molar-refractivity contribution is 7.92. The molecule has 20 heavy (non-hydrogen) atoms. The highest BCUT2D eigenvalue weighted by Gasteiger charge is 2.29. The predicted molar refractivity (Wildman–Crippen MR) is 74.7 cm³/mol. The number of sulfone groups is 2. The molecule has 1 heterocycles. The van der Waals surface area contributed by atoms with Crippen LogP contribution in [0, 0.1) is 0 Å². The van der Waals surface area contributed by atoms with Crippen molar-refractivity contribution in [3.63, 3.8) is 0 Å². The summed E-state index contributed by atoms with van der Waals surface area (Å²) in [6.45, 7) is 0. The van der Waals surface area contributed by atoms with Crippen molar-refractivity contribution in [2.75, 3.05) is 11.6 Å². The van der Waals surface area contributed by atoms with Crippen molar-refractivity contribution in [3.8, 4) is 0 Å². The molecule has 2 aromatic carbocycles. The Morgan fingerprint density at radius 3 is 2.30 bits per heavy atom. The van der Waals surface area contributed by atoms with Crippen LogP contribution in [-0.4, -0.2) is 23.1 Å². The lowest BCUT2D eigenvalue weighted by Gasteiger charge is -2.21. The lowest BCUT2D eigenvalue weighted by Crippen LogP contribution is -2.14. The van der Waals surface area contributed by atoms with Gasteiger partial charge in [-0.15, -0.1) is 0 Å². The van der Waals surface area contributed by atoms with Crippen LogP contribution in [0.15, 0.2) is 57.2 Å². The van der Waals surface area contributed by atoms with Gasteiger partial charge in [0.05, 0.1) is 26.1 Å². The van der Waals surface area contributed by atoms with E-state index >= 15 is 0 Å². The Morgan fingerprint density at radius 1 is 0.950 bits per heavy atom. The predicted octanol–water partition coefficient (Wildman–Crippen LogP) is 1.98. The minimum Gasteiger partial charge on any atom is -0.353 e. The number of hydrogen-bond acceptors (Lipinski definition) is 5. The molecule has 5 nitrogen and oxygen atoms in total. The molecule has 0 bridgehead atoms. The van der Waals surface area contributed by atoms with Gasteiger partial charge in [-0.3, -0.25) is 0 Å². The van der Waals surface area contributed by atoms with E-state index in [4.69, 9.17) is 0 Å². The van der Waals surface area contributed by atoms with E-state index in [9.17, 15) is 16.8 Å². The molecule has 104 valence electrons. The Balaban J connectivity index is 2.29. The summed E-state index contributed by atoms with van der Waals surface area (Å²) in [7, 11) is -7.01. The lowest BCUT2D eigenvalue weighted by atomic mass is 10.2. The second kappa shape index (κ2) is 4.07. The fraction of sp³-hybridized carbons (Fsp3) is 0.0769. The normalized spacial score (nSPS) is 15.8. The molecule has 0 spiro atoms. The molecule has 0 saturated carbocycles. The number of benzene rings is 2. The van der Waals surface area contributed by atoms with Gasteiger partial charge in [0.15, 0.2) is 9.84 Å². The first-order chi connectivity index (χ1) is 9.30. The average molecular weight is 309 g/mol. The van der Waals surface area contributed by atoms with Gasteiger partial charge < -0.3 is 5.32 Å². The summed E-state index contributed by atoms with van der Waals surface area (Å²) >= 11 is 0. The van der Waals surface area contributed by atoms with E-state index in [1.807, 2.05) is 0 Å². The maximum absolute atomic E-state index is 12.5. The topological polar surface area (TPSA) is 80.3 Å². The van der Waals surface area contributed by atoms with E-state index in [1.165, 1.54) is 24.3 Å². The van der Waals surface area contributed by atoms with Crippen molar-refractivity contribution in [1.82, 2.24) is 0 Å². The minimum absolute atomic E-state index is 0.0818. The van der Waals surface area contributed by atoms with E-state index in [0.717, 1.165) is 6.26 Å². The first-order valence-electron chi connectivity index (χ1n) is 5.75. The molecule has 3 rings (SSSR count). The SMILES string of the molecule is CS(=O)(=O)c1ccc2c(c1)Nc1ccccc1S2(=O)=O. The Kier molecular flexibility index (Phi) is 2.67. The first kappa shape index (κ1) is 13.1. The number of rotatable bonds is 1. The molecule has 0 unspecified atom stereocenters. The van der Waals surface area contributed by atoms with Gasteiger partial charge in [0.1, 0.15) is 0 Å². The van der Waals surface area contributed by atoms with Crippen LogP contribution >= 0.6 is 0 Å². The molecule has 0 amide bonds. The van der Waals surface area contributed by atoms with Crippen LogP contribution in [0.1, 0.15) is 0 Å². The van der Waals surface area contributed by atoms with E-state index in [2.05, 4.69) is 5.32 Å². The molecule has 0 aliphatic carbocycles. The second-order valence-electron chi connectivity index (χ2n) is 4.55. The highest BCUT2D eigenvalue weighted by Crippen LogP contribution is 2.39. The molecule has 1 aliphatic heterocycles. The zero-order valence-corrected chi connectivity index (χ0v) is 12.1. The summed E-state index contributed by atoms with van der Waals surface area (Å²) in [5.74, 6) is 0. The summed E-state index contributed by atoms with van der Waals surface area (Å²) in [5.41, 5.74) is 0.734. The second-order valence-corrected chi connectivity index (χ2v) is 8.46. The third kappa shape index (κ3) is 1.90. The first-order valence-corrected chi connectivity index (χ1v) is 9.13. The fourth-order valence-electron chi connectivity index (χ4n) is 2.14. The Bertz CT molecular complexity index is 915. The summed E-state index contributed by atoms with van der Waals surface area (Å²) < 4.78 is 48.0. The van der Waals surface area contributed by atoms with Crippen molar-refractivity contribution in [2.24, 2.45) is 0 Å². The minimum atomic E-state index is -3.62. The van der Waals surface area contributed by atoms with Gasteiger partial charge in [0, 0.05) is 6.26 Å². The number of hydrogen-bond donors (Lipinski definition) is 1. The van der Waals surface area contributed by atoms with E-state index in [-0.39, 0.29) is 20.4 Å². The van der Waals surface area contributed by atoms with Crippen LogP contribution in [0.4, 0.5) is 11.4 Å². The largest absolute Gasteiger partial charge is 0.353 e. The molecule has 0 aromatic heterocycles. The third-order valence-corrected chi connectivity index (χ3v) is 6.09. The van der Waals surface area contributed by atoms with Gasteiger partial charge in [-0.25, -0.2) is 16.8 Å². The monoisotopic (exact) mass is 309 g/mol. The quantitative estimate of drug-likeness (QED) is 0.743. The number of para-hydroxylation sites is 1. The maximum atomic E-state index is 12.5. The molecule has 0 atom stereocenters. The Morgan fingerprint density at radius 2 is 1.60 bits per heavy atom. The van der Waals surface area contributed by atoms with Crippen LogP contribution in [0.5, 0.6) is 0 Å². The van der Waals surface area contributed by atoms with Crippen molar-refractivity contribution >= 4 is 31.0 Å². The van der Waals surface area contributed by atoms with Crippen LogP contribution in [0.3, 0.4) is 0 Å². The third-order valence-electron chi connectivity index (χ3n) is 3.11. The Hall–Kier alpha value is -1.86. The summed E-state index contributed by atoms with van der Waals surface area (Å²) in [5, 5.41) is 2.96. The molecule has 0 fully saturated rings. The average Bonchev–Trinajstić information content (AvgIpc) is 2.37. The van der Waals surface area contributed by atoms with Gasteiger partial charge >= 0.3 is 0 Å². The molecule has 0 radical (unpaired) electrons. The van der Waals surface area contributed by atoms with Crippen molar-refractivity contribution < 1.29 is 16.8 Å². The van der Waals surface area contributed by atoms with Gasteiger partial charge in [0.2, 0.25) is 9.84 Å². The molecule has 1 aliphatic rings. The summed E-state index contributed by atoms with van der Waals surface area (Å²) in [4.78, 5) is 0.363. The highest BCUT2D eigenvalue weighted by atomic mass is 32.2. The number of anilines is 2. The van der Waals surface area contributed by atoms with Gasteiger partial charge in [-0.2, -0.15) is 0 Å². The number of nitrogens with one attached hydrogen (secondary N) is 1. The zero-order chi connectivity index (χ0) is 14.5. The lowest BCUT2D eigenvalue weighted by molar-refractivity contribution is 0.594. The van der Waals surface area contributed by atoms with E-state index in [0.29, 0.717) is 5.69 Å². The van der Waals surface area contributed by atoms with Crippen LogP contribution in [0.25, 0.3) is 0 Å². The van der Waals surface area contributed by atoms with Gasteiger partial charge in [-0.1, -0.05) is 12.1 Å². The molecule has 1 N–H and O–H groups in total. The smallest absolute Gasteiger partial charge is 0.210 e. The van der Waals surface area contributed by atoms with Crippen LogP contribution in [-0.2, 0) is 19.7 Å². The molecule has 0 saturated heterocycles. The van der Waals surface area contributed by atoms with Gasteiger partial charge in [0.25, 0.3) is 0 Å². The van der Waals surface area contributed by atoms with Crippen molar-refractivity contribution in [2.45, 2.75) is 14.7 Å². The molecular formula is C13H11NO4S2. The summed E-state index contributed by atoms with van der Waals surface area (Å²) in [6.07, 6.45) is 1.08. The van der Waals surface area contributed by atoms with Crippen LogP contribution in [0.2, 0.25) is 0 Å². The molecule has 2 aromatic rings. The van der Waals surface area contributed by atoms with Crippen LogP contribution < -0.4 is 5.32 Å². The fourth-order valence-corrected chi connectivity index (χ4v) is 4.34. The van der Waals surface area contributed by atoms with Crippen molar-refractivity contribution in [1.29, 1.82) is 0 Å². The number of fused-ring (bicyclic) bond motifs is 2. The zero-order valence-electron chi connectivity index (χ0n) is 10.5. The van der Waals surface area contributed by atoms with Crippen molar-refractivity contribution in [3.05, 3.63) is 42.5 Å². The summed E-state index contributed by atoms with van der Waals surface area (Å²) in [6, 6.07) is 10.5. The van der Waals surface area contributed by atoms with E-state index in [1.54, 1.807) is 18.2 Å². The standard InChI is InChI=1S/C13H11NO4S2/c1-19(15,16)9-6-7-13-11(8-9)14-10-4-2-3-5-12(10)20(13,17)18/h2-8,14H,1H3.